The molecule has 0 spiro atoms. The van der Waals surface area contributed by atoms with Crippen LogP contribution in [0.25, 0.3) is 5.70 Å². The lowest BCUT2D eigenvalue weighted by molar-refractivity contribution is 0.999. The van der Waals surface area contributed by atoms with Crippen LogP contribution in [0.15, 0.2) is 41.4 Å². The first-order chi connectivity index (χ1) is 7.19. The Labute approximate surface area is 90.6 Å². The summed E-state index contributed by atoms with van der Waals surface area (Å²) < 4.78 is 1.68. The Bertz CT molecular complexity index is 438. The molecule has 0 unspecified atom stereocenters. The van der Waals surface area contributed by atoms with Crippen LogP contribution in [0.5, 0.6) is 0 Å². The maximum absolute atomic E-state index is 11.7. The maximum Gasteiger partial charge on any atom is 0.255 e. The van der Waals surface area contributed by atoms with Gasteiger partial charge in [0.2, 0.25) is 0 Å². The van der Waals surface area contributed by atoms with Crippen LogP contribution in [-0.2, 0) is 0 Å². The lowest BCUT2D eigenvalue weighted by Crippen LogP contribution is -2.17. The summed E-state index contributed by atoms with van der Waals surface area (Å²) in [6, 6.07) is 3.43. The lowest BCUT2D eigenvalue weighted by Gasteiger charge is -2.07. The van der Waals surface area contributed by atoms with Gasteiger partial charge in [-0.3, -0.25) is 9.36 Å². The summed E-state index contributed by atoms with van der Waals surface area (Å²) in [5, 5.41) is 0. The molecule has 0 saturated heterocycles. The number of hydrogen-bond donors (Lipinski definition) is 0. The van der Waals surface area contributed by atoms with E-state index >= 15 is 0 Å². The number of pyridine rings is 1. The van der Waals surface area contributed by atoms with Crippen molar-refractivity contribution in [3.63, 3.8) is 0 Å². The van der Waals surface area contributed by atoms with Gasteiger partial charge in [-0.05, 0) is 31.9 Å². The summed E-state index contributed by atoms with van der Waals surface area (Å²) in [7, 11) is 0. The fraction of sp³-hybridized carbons (Fsp3) is 0.308. The second kappa shape index (κ2) is 5.35. The van der Waals surface area contributed by atoms with Gasteiger partial charge in [-0.25, -0.2) is 0 Å². The summed E-state index contributed by atoms with van der Waals surface area (Å²) in [5.41, 5.74) is 2.04. The van der Waals surface area contributed by atoms with Gasteiger partial charge in [0, 0.05) is 18.0 Å². The predicted molar refractivity (Wildman–Crippen MR) is 64.8 cm³/mol. The highest BCUT2D eigenvalue weighted by Crippen LogP contribution is 2.06. The summed E-state index contributed by atoms with van der Waals surface area (Å²) in [5.74, 6) is 0. The molecule has 0 aromatic carbocycles. The number of hydrogen-bond acceptors (Lipinski definition) is 1. The van der Waals surface area contributed by atoms with Crippen molar-refractivity contribution in [2.45, 2.75) is 27.2 Å². The standard InChI is InChI=1S/C13H17NO/c1-4-6-12(7-5-2)14-10-11(3)8-9-13(14)15/h4,6-10H,5H2,1-3H3/b6-4-,12-7+. The predicted octanol–water partition coefficient (Wildman–Crippen LogP) is 2.98. The van der Waals surface area contributed by atoms with Crippen molar-refractivity contribution in [2.75, 3.05) is 0 Å². The van der Waals surface area contributed by atoms with Gasteiger partial charge in [-0.2, -0.15) is 0 Å². The van der Waals surface area contributed by atoms with Crippen LogP contribution in [0.2, 0.25) is 0 Å². The molecule has 0 aliphatic rings. The maximum atomic E-state index is 11.7. The molecule has 1 aromatic rings. The van der Waals surface area contributed by atoms with E-state index in [-0.39, 0.29) is 5.56 Å². The van der Waals surface area contributed by atoms with Crippen molar-refractivity contribution in [1.29, 1.82) is 0 Å². The Morgan fingerprint density at radius 1 is 1.47 bits per heavy atom. The first kappa shape index (κ1) is 11.5. The van der Waals surface area contributed by atoms with Gasteiger partial charge in [0.25, 0.3) is 5.56 Å². The van der Waals surface area contributed by atoms with E-state index in [1.165, 1.54) is 0 Å². The van der Waals surface area contributed by atoms with Gasteiger partial charge >= 0.3 is 0 Å². The van der Waals surface area contributed by atoms with Crippen molar-refractivity contribution >= 4 is 5.70 Å². The zero-order valence-electron chi connectivity index (χ0n) is 9.53. The molecule has 0 saturated carbocycles. The average Bonchev–Trinajstić information content (AvgIpc) is 2.21. The van der Waals surface area contributed by atoms with Crippen molar-refractivity contribution in [3.8, 4) is 0 Å². The molecule has 0 aliphatic heterocycles. The van der Waals surface area contributed by atoms with Crippen LogP contribution in [0, 0.1) is 6.92 Å². The minimum atomic E-state index is 0.0124. The van der Waals surface area contributed by atoms with E-state index in [0.29, 0.717) is 0 Å². The first-order valence-electron chi connectivity index (χ1n) is 5.21. The molecule has 1 aromatic heterocycles. The number of allylic oxidation sites excluding steroid dienone is 4. The highest BCUT2D eigenvalue weighted by atomic mass is 16.1. The van der Waals surface area contributed by atoms with E-state index in [9.17, 15) is 4.79 Å². The third-order valence-electron chi connectivity index (χ3n) is 2.09. The molecule has 0 N–H and O–H groups in total. The Morgan fingerprint density at radius 2 is 2.20 bits per heavy atom. The van der Waals surface area contributed by atoms with Crippen LogP contribution in [0.4, 0.5) is 0 Å². The number of aromatic nitrogens is 1. The minimum Gasteiger partial charge on any atom is -0.284 e. The number of rotatable bonds is 3. The zero-order valence-corrected chi connectivity index (χ0v) is 9.53. The van der Waals surface area contributed by atoms with Crippen LogP contribution in [0.3, 0.4) is 0 Å². The highest BCUT2D eigenvalue weighted by molar-refractivity contribution is 5.56. The molecule has 0 radical (unpaired) electrons. The number of nitrogens with zero attached hydrogens (tertiary/aromatic N) is 1. The second-order valence-electron chi connectivity index (χ2n) is 3.45. The van der Waals surface area contributed by atoms with Gasteiger partial charge in [0.1, 0.15) is 0 Å². The van der Waals surface area contributed by atoms with Gasteiger partial charge in [0.15, 0.2) is 0 Å². The van der Waals surface area contributed by atoms with Gasteiger partial charge in [0.05, 0.1) is 0 Å². The molecule has 0 fully saturated rings. The molecular weight excluding hydrogens is 186 g/mol. The molecule has 0 atom stereocenters. The fourth-order valence-electron chi connectivity index (χ4n) is 1.42. The smallest absolute Gasteiger partial charge is 0.255 e. The molecule has 1 heterocycles. The Kier molecular flexibility index (Phi) is 4.10. The molecule has 0 aliphatic carbocycles. The van der Waals surface area contributed by atoms with E-state index in [2.05, 4.69) is 6.92 Å². The van der Waals surface area contributed by atoms with Gasteiger partial charge in [-0.15, -0.1) is 0 Å². The first-order valence-corrected chi connectivity index (χ1v) is 5.21. The van der Waals surface area contributed by atoms with Crippen LogP contribution >= 0.6 is 0 Å². The highest BCUT2D eigenvalue weighted by Gasteiger charge is 1.98. The summed E-state index contributed by atoms with van der Waals surface area (Å²) in [6.07, 6.45) is 8.71. The molecule has 80 valence electrons. The topological polar surface area (TPSA) is 22.0 Å². The minimum absolute atomic E-state index is 0.0124. The van der Waals surface area contributed by atoms with E-state index in [0.717, 1.165) is 17.7 Å². The van der Waals surface area contributed by atoms with Crippen LogP contribution in [0.1, 0.15) is 25.8 Å². The Morgan fingerprint density at radius 3 is 2.80 bits per heavy atom. The summed E-state index contributed by atoms with van der Waals surface area (Å²) in [4.78, 5) is 11.7. The largest absolute Gasteiger partial charge is 0.284 e. The lowest BCUT2D eigenvalue weighted by atomic mass is 10.2. The second-order valence-corrected chi connectivity index (χ2v) is 3.45. The Hall–Kier alpha value is -1.57. The van der Waals surface area contributed by atoms with Gasteiger partial charge < -0.3 is 0 Å². The SMILES string of the molecule is C/C=C\C(=C/CC)n1cc(C)ccc1=O. The average molecular weight is 203 g/mol. The molecule has 2 nitrogen and oxygen atoms in total. The number of aryl methyl sites for hydroxylation is 1. The third kappa shape index (κ3) is 2.94. The fourth-order valence-corrected chi connectivity index (χ4v) is 1.42. The summed E-state index contributed by atoms with van der Waals surface area (Å²) in [6.45, 7) is 5.99. The molecule has 0 bridgehead atoms. The monoisotopic (exact) mass is 203 g/mol. The van der Waals surface area contributed by atoms with Crippen LogP contribution < -0.4 is 5.56 Å². The normalized spacial score (nSPS) is 12.3. The van der Waals surface area contributed by atoms with Crippen LogP contribution in [-0.4, -0.2) is 4.57 Å². The van der Waals surface area contributed by atoms with E-state index in [1.807, 2.05) is 44.3 Å². The Balaban J connectivity index is 3.28. The van der Waals surface area contributed by atoms with E-state index in [4.69, 9.17) is 0 Å². The molecule has 2 heteroatoms. The van der Waals surface area contributed by atoms with Crippen molar-refractivity contribution in [1.82, 2.24) is 4.57 Å². The van der Waals surface area contributed by atoms with E-state index in [1.54, 1.807) is 10.6 Å². The third-order valence-corrected chi connectivity index (χ3v) is 2.09. The quantitative estimate of drug-likeness (QED) is 0.692. The molecule has 0 amide bonds. The zero-order chi connectivity index (χ0) is 11.3. The van der Waals surface area contributed by atoms with Crippen molar-refractivity contribution < 1.29 is 0 Å². The molecular formula is C13H17NO. The van der Waals surface area contributed by atoms with Crippen molar-refractivity contribution in [3.05, 3.63) is 52.5 Å². The summed E-state index contributed by atoms with van der Waals surface area (Å²) >= 11 is 0. The van der Waals surface area contributed by atoms with Crippen molar-refractivity contribution in [2.24, 2.45) is 0 Å². The van der Waals surface area contributed by atoms with E-state index < -0.39 is 0 Å². The van der Waals surface area contributed by atoms with Gasteiger partial charge in [-0.1, -0.05) is 25.1 Å². The molecule has 1 rings (SSSR count). The molecule has 15 heavy (non-hydrogen) atoms.